The predicted molar refractivity (Wildman–Crippen MR) is 78.3 cm³/mol. The lowest BCUT2D eigenvalue weighted by Gasteiger charge is -2.18. The molecule has 1 aliphatic rings. The van der Waals surface area contributed by atoms with E-state index in [1.165, 1.54) is 0 Å². The topological polar surface area (TPSA) is 61.4 Å². The Morgan fingerprint density at radius 2 is 2.15 bits per heavy atom. The molecule has 0 atom stereocenters. The standard InChI is InChI=1S/C14H23N5O/c1-3-5-15-13-9-16-12(8-17-13)10-19-7-4-6-18(2)14(20)11-19/h8-9H,3-7,10-11H2,1-2H3,(H,15,17). The molecular weight excluding hydrogens is 254 g/mol. The zero-order valence-corrected chi connectivity index (χ0v) is 12.3. The van der Waals surface area contributed by atoms with E-state index in [-0.39, 0.29) is 5.91 Å². The van der Waals surface area contributed by atoms with Gasteiger partial charge in [-0.15, -0.1) is 0 Å². The number of hydrogen-bond acceptors (Lipinski definition) is 5. The Balaban J connectivity index is 1.90. The summed E-state index contributed by atoms with van der Waals surface area (Å²) in [7, 11) is 1.86. The van der Waals surface area contributed by atoms with Gasteiger partial charge in [-0.3, -0.25) is 14.7 Å². The third-order valence-electron chi connectivity index (χ3n) is 3.40. The smallest absolute Gasteiger partial charge is 0.236 e. The summed E-state index contributed by atoms with van der Waals surface area (Å²) in [6.07, 6.45) is 5.62. The van der Waals surface area contributed by atoms with Gasteiger partial charge in [0, 0.05) is 33.2 Å². The summed E-state index contributed by atoms with van der Waals surface area (Å²) in [5, 5.41) is 3.20. The lowest BCUT2D eigenvalue weighted by atomic mass is 10.3. The van der Waals surface area contributed by atoms with Crippen molar-refractivity contribution in [2.24, 2.45) is 0 Å². The molecule has 1 amide bonds. The van der Waals surface area contributed by atoms with Gasteiger partial charge in [-0.25, -0.2) is 4.98 Å². The van der Waals surface area contributed by atoms with E-state index >= 15 is 0 Å². The van der Waals surface area contributed by atoms with E-state index in [0.717, 1.165) is 44.0 Å². The van der Waals surface area contributed by atoms with Crippen LogP contribution < -0.4 is 5.32 Å². The molecule has 1 saturated heterocycles. The van der Waals surface area contributed by atoms with Crippen LogP contribution in [0, 0.1) is 0 Å². The second-order valence-corrected chi connectivity index (χ2v) is 5.20. The minimum absolute atomic E-state index is 0.177. The highest BCUT2D eigenvalue weighted by atomic mass is 16.2. The van der Waals surface area contributed by atoms with Crippen LogP contribution in [0.15, 0.2) is 12.4 Å². The number of anilines is 1. The zero-order chi connectivity index (χ0) is 14.4. The molecule has 0 spiro atoms. The molecule has 0 aliphatic carbocycles. The van der Waals surface area contributed by atoms with Crippen molar-refractivity contribution in [3.05, 3.63) is 18.1 Å². The van der Waals surface area contributed by atoms with E-state index in [2.05, 4.69) is 27.1 Å². The van der Waals surface area contributed by atoms with Crippen LogP contribution in [0.3, 0.4) is 0 Å². The van der Waals surface area contributed by atoms with Gasteiger partial charge in [-0.1, -0.05) is 6.92 Å². The maximum Gasteiger partial charge on any atom is 0.236 e. The van der Waals surface area contributed by atoms with Gasteiger partial charge in [-0.2, -0.15) is 0 Å². The Kier molecular flexibility index (Phi) is 5.29. The van der Waals surface area contributed by atoms with Crippen LogP contribution >= 0.6 is 0 Å². The highest BCUT2D eigenvalue weighted by Gasteiger charge is 2.19. The van der Waals surface area contributed by atoms with Crippen LogP contribution in [0.4, 0.5) is 5.82 Å². The fraction of sp³-hybridized carbons (Fsp3) is 0.643. The molecular formula is C14H23N5O. The number of likely N-dealkylation sites (N-methyl/N-ethyl adjacent to an activating group) is 1. The monoisotopic (exact) mass is 277 g/mol. The fourth-order valence-electron chi connectivity index (χ4n) is 2.19. The average molecular weight is 277 g/mol. The van der Waals surface area contributed by atoms with Crippen molar-refractivity contribution >= 4 is 11.7 Å². The Bertz CT molecular complexity index is 434. The number of nitrogens with one attached hydrogen (secondary N) is 1. The molecule has 0 unspecified atom stereocenters. The summed E-state index contributed by atoms with van der Waals surface area (Å²) in [5.41, 5.74) is 0.907. The molecule has 1 aromatic rings. The van der Waals surface area contributed by atoms with E-state index in [0.29, 0.717) is 13.1 Å². The van der Waals surface area contributed by atoms with E-state index in [1.807, 2.05) is 7.05 Å². The molecule has 2 rings (SSSR count). The van der Waals surface area contributed by atoms with Crippen LogP contribution in [-0.4, -0.2) is 58.9 Å². The van der Waals surface area contributed by atoms with Gasteiger partial charge >= 0.3 is 0 Å². The number of carbonyl (C=O) groups excluding carboxylic acids is 1. The molecule has 1 fully saturated rings. The van der Waals surface area contributed by atoms with E-state index in [9.17, 15) is 4.79 Å². The van der Waals surface area contributed by atoms with Gasteiger partial charge in [-0.05, 0) is 12.8 Å². The molecule has 0 aromatic carbocycles. The lowest BCUT2D eigenvalue weighted by Crippen LogP contribution is -2.34. The van der Waals surface area contributed by atoms with Crippen molar-refractivity contribution in [3.8, 4) is 0 Å². The summed E-state index contributed by atoms with van der Waals surface area (Å²) in [6.45, 7) is 5.92. The lowest BCUT2D eigenvalue weighted by molar-refractivity contribution is -0.130. The first-order chi connectivity index (χ1) is 9.69. The zero-order valence-electron chi connectivity index (χ0n) is 12.3. The van der Waals surface area contributed by atoms with Gasteiger partial charge in [0.15, 0.2) is 0 Å². The van der Waals surface area contributed by atoms with Crippen LogP contribution in [-0.2, 0) is 11.3 Å². The summed E-state index contributed by atoms with van der Waals surface area (Å²) >= 11 is 0. The summed E-state index contributed by atoms with van der Waals surface area (Å²) < 4.78 is 0. The minimum Gasteiger partial charge on any atom is -0.369 e. The molecule has 1 N–H and O–H groups in total. The maximum atomic E-state index is 11.8. The van der Waals surface area contributed by atoms with Crippen LogP contribution in [0.2, 0.25) is 0 Å². The molecule has 6 heteroatoms. The summed E-state index contributed by atoms with van der Waals surface area (Å²) in [4.78, 5) is 24.5. The van der Waals surface area contributed by atoms with Gasteiger partial charge in [0.25, 0.3) is 0 Å². The molecule has 0 bridgehead atoms. The van der Waals surface area contributed by atoms with E-state index in [4.69, 9.17) is 0 Å². The number of rotatable bonds is 5. The number of aromatic nitrogens is 2. The Morgan fingerprint density at radius 1 is 1.30 bits per heavy atom. The van der Waals surface area contributed by atoms with E-state index < -0.39 is 0 Å². The van der Waals surface area contributed by atoms with Crippen LogP contribution in [0.1, 0.15) is 25.5 Å². The SMILES string of the molecule is CCCNc1cnc(CN2CCCN(C)C(=O)C2)cn1. The normalized spacial score (nSPS) is 17.1. The first-order valence-electron chi connectivity index (χ1n) is 7.20. The first-order valence-corrected chi connectivity index (χ1v) is 7.20. The molecule has 0 saturated carbocycles. The molecule has 6 nitrogen and oxygen atoms in total. The van der Waals surface area contributed by atoms with Gasteiger partial charge in [0.2, 0.25) is 5.91 Å². The van der Waals surface area contributed by atoms with Crippen molar-refractivity contribution in [3.63, 3.8) is 0 Å². The minimum atomic E-state index is 0.177. The average Bonchev–Trinajstić information content (AvgIpc) is 2.60. The number of nitrogens with zero attached hydrogens (tertiary/aromatic N) is 4. The first kappa shape index (κ1) is 14.7. The second kappa shape index (κ2) is 7.19. The molecule has 2 heterocycles. The Labute approximate surface area is 120 Å². The second-order valence-electron chi connectivity index (χ2n) is 5.20. The molecule has 1 aliphatic heterocycles. The maximum absolute atomic E-state index is 11.8. The van der Waals surface area contributed by atoms with Gasteiger partial charge in [0.1, 0.15) is 5.82 Å². The molecule has 20 heavy (non-hydrogen) atoms. The van der Waals surface area contributed by atoms with Crippen LogP contribution in [0.5, 0.6) is 0 Å². The third-order valence-corrected chi connectivity index (χ3v) is 3.40. The number of amides is 1. The summed E-state index contributed by atoms with van der Waals surface area (Å²) in [5.74, 6) is 0.985. The van der Waals surface area contributed by atoms with Crippen molar-refractivity contribution < 1.29 is 4.79 Å². The Hall–Kier alpha value is -1.69. The largest absolute Gasteiger partial charge is 0.369 e. The highest BCUT2D eigenvalue weighted by molar-refractivity contribution is 5.78. The summed E-state index contributed by atoms with van der Waals surface area (Å²) in [6, 6.07) is 0. The third kappa shape index (κ3) is 4.16. The molecule has 0 radical (unpaired) electrons. The van der Waals surface area contributed by atoms with Gasteiger partial charge < -0.3 is 10.2 Å². The van der Waals surface area contributed by atoms with Crippen molar-refractivity contribution in [2.45, 2.75) is 26.3 Å². The van der Waals surface area contributed by atoms with Crippen molar-refractivity contribution in [1.29, 1.82) is 0 Å². The van der Waals surface area contributed by atoms with E-state index in [1.54, 1.807) is 17.3 Å². The predicted octanol–water partition coefficient (Wildman–Crippen LogP) is 0.963. The number of carbonyl (C=O) groups is 1. The highest BCUT2D eigenvalue weighted by Crippen LogP contribution is 2.08. The molecule has 1 aromatic heterocycles. The van der Waals surface area contributed by atoms with Gasteiger partial charge in [0.05, 0.1) is 24.6 Å². The number of hydrogen-bond donors (Lipinski definition) is 1. The Morgan fingerprint density at radius 3 is 2.85 bits per heavy atom. The van der Waals surface area contributed by atoms with Crippen molar-refractivity contribution in [2.75, 3.05) is 38.5 Å². The molecule has 110 valence electrons. The fourth-order valence-corrected chi connectivity index (χ4v) is 2.19. The van der Waals surface area contributed by atoms with Crippen LogP contribution in [0.25, 0.3) is 0 Å². The quantitative estimate of drug-likeness (QED) is 0.868. The van der Waals surface area contributed by atoms with Crippen molar-refractivity contribution in [1.82, 2.24) is 19.8 Å².